The number of ketones is 1. The molecular weight excluding hydrogens is 428 g/mol. The molecule has 1 saturated heterocycles. The predicted molar refractivity (Wildman–Crippen MR) is 112 cm³/mol. The van der Waals surface area contributed by atoms with Crippen LogP contribution in [0.2, 0.25) is 0 Å². The number of carboxylic acid groups (broad SMARTS) is 1. The molecule has 0 spiro atoms. The highest BCUT2D eigenvalue weighted by molar-refractivity contribution is 5.90. The van der Waals surface area contributed by atoms with Gasteiger partial charge in [0.05, 0.1) is 6.42 Å². The van der Waals surface area contributed by atoms with Gasteiger partial charge < -0.3 is 20.1 Å². The topological polar surface area (TPSA) is 140 Å². The minimum atomic E-state index is -1.27. The largest absolute Gasteiger partial charge is 0.481 e. The molecule has 0 bridgehead atoms. The van der Waals surface area contributed by atoms with Crippen molar-refractivity contribution in [1.29, 1.82) is 0 Å². The number of amides is 1. The number of nitrogens with zero attached hydrogens (tertiary/aromatic N) is 5. The number of piperidine rings is 1. The lowest BCUT2D eigenvalue weighted by Crippen LogP contribution is -2.44. The SMILES string of the molecule is Cl.O=C(O)CC(NC(=O)OCc1ccccc1)C(=O)Cn1nnc(N2CCCCC2)n1. The van der Waals surface area contributed by atoms with E-state index < -0.39 is 30.3 Å². The minimum absolute atomic E-state index is 0. The Labute approximate surface area is 185 Å². The van der Waals surface area contributed by atoms with Crippen molar-refractivity contribution in [1.82, 2.24) is 25.5 Å². The van der Waals surface area contributed by atoms with Crippen LogP contribution in [-0.4, -0.2) is 62.3 Å². The van der Waals surface area contributed by atoms with Crippen molar-refractivity contribution in [3.63, 3.8) is 0 Å². The molecule has 1 aliphatic rings. The van der Waals surface area contributed by atoms with Crippen molar-refractivity contribution in [3.8, 4) is 0 Å². The third-order valence-corrected chi connectivity index (χ3v) is 4.65. The first-order valence-electron chi connectivity index (χ1n) is 9.76. The molecule has 1 amide bonds. The number of carboxylic acids is 1. The summed E-state index contributed by atoms with van der Waals surface area (Å²) in [5, 5.41) is 23.4. The van der Waals surface area contributed by atoms with E-state index in [1.807, 2.05) is 11.0 Å². The van der Waals surface area contributed by atoms with E-state index in [1.54, 1.807) is 24.3 Å². The Morgan fingerprint density at radius 1 is 1.13 bits per heavy atom. The summed E-state index contributed by atoms with van der Waals surface area (Å²) in [5.41, 5.74) is 0.769. The fraction of sp³-hybridized carbons (Fsp3) is 0.474. The maximum absolute atomic E-state index is 12.6. The van der Waals surface area contributed by atoms with Crippen molar-refractivity contribution >= 4 is 36.2 Å². The third kappa shape index (κ3) is 7.52. The summed E-state index contributed by atoms with van der Waals surface area (Å²) in [6, 6.07) is 7.73. The molecule has 1 aromatic heterocycles. The maximum Gasteiger partial charge on any atom is 0.408 e. The van der Waals surface area contributed by atoms with Crippen LogP contribution in [0.3, 0.4) is 0 Å². The number of aliphatic carboxylic acids is 1. The highest BCUT2D eigenvalue weighted by Gasteiger charge is 2.26. The molecule has 168 valence electrons. The maximum atomic E-state index is 12.6. The molecule has 1 fully saturated rings. The molecule has 1 aromatic carbocycles. The van der Waals surface area contributed by atoms with Gasteiger partial charge in [-0.1, -0.05) is 35.4 Å². The lowest BCUT2D eigenvalue weighted by atomic mass is 10.1. The van der Waals surface area contributed by atoms with Crippen LogP contribution in [0.25, 0.3) is 0 Å². The van der Waals surface area contributed by atoms with Crippen LogP contribution in [0.15, 0.2) is 30.3 Å². The molecule has 1 aliphatic heterocycles. The van der Waals surface area contributed by atoms with Gasteiger partial charge in [-0.05, 0) is 30.0 Å². The zero-order chi connectivity index (χ0) is 21.3. The van der Waals surface area contributed by atoms with Crippen LogP contribution in [0.1, 0.15) is 31.2 Å². The first-order chi connectivity index (χ1) is 14.5. The van der Waals surface area contributed by atoms with Crippen molar-refractivity contribution < 1.29 is 24.2 Å². The first-order valence-corrected chi connectivity index (χ1v) is 9.76. The van der Waals surface area contributed by atoms with E-state index in [0.717, 1.165) is 42.7 Å². The Kier molecular flexibility index (Phi) is 9.19. The average molecular weight is 453 g/mol. The van der Waals surface area contributed by atoms with Gasteiger partial charge in [-0.2, -0.15) is 4.80 Å². The minimum Gasteiger partial charge on any atom is -0.481 e. The number of ether oxygens (including phenoxy) is 1. The second kappa shape index (κ2) is 11.8. The molecule has 2 heterocycles. The Morgan fingerprint density at radius 3 is 2.52 bits per heavy atom. The fourth-order valence-electron chi connectivity index (χ4n) is 3.10. The lowest BCUT2D eigenvalue weighted by molar-refractivity contribution is -0.139. The van der Waals surface area contributed by atoms with Gasteiger partial charge in [0.2, 0.25) is 0 Å². The molecule has 12 heteroatoms. The summed E-state index contributed by atoms with van der Waals surface area (Å²) in [6.45, 7) is 1.36. The van der Waals surface area contributed by atoms with E-state index in [1.165, 1.54) is 0 Å². The second-order valence-corrected chi connectivity index (χ2v) is 6.99. The van der Waals surface area contributed by atoms with E-state index in [9.17, 15) is 14.4 Å². The quantitative estimate of drug-likeness (QED) is 0.577. The lowest BCUT2D eigenvalue weighted by Gasteiger charge is -2.24. The highest BCUT2D eigenvalue weighted by atomic mass is 35.5. The van der Waals surface area contributed by atoms with Crippen LogP contribution >= 0.6 is 12.4 Å². The summed E-state index contributed by atoms with van der Waals surface area (Å²) >= 11 is 0. The number of rotatable bonds is 9. The van der Waals surface area contributed by atoms with E-state index in [4.69, 9.17) is 9.84 Å². The first kappa shape index (κ1) is 24.1. The Morgan fingerprint density at radius 2 is 1.84 bits per heavy atom. The van der Waals surface area contributed by atoms with E-state index in [0.29, 0.717) is 5.95 Å². The van der Waals surface area contributed by atoms with Gasteiger partial charge in [0, 0.05) is 13.1 Å². The molecule has 0 radical (unpaired) electrons. The number of hydrogen-bond donors (Lipinski definition) is 2. The average Bonchev–Trinajstić information content (AvgIpc) is 3.21. The molecule has 11 nitrogen and oxygen atoms in total. The Bertz CT molecular complexity index is 872. The number of anilines is 1. The molecule has 0 aliphatic carbocycles. The Hall–Kier alpha value is -3.21. The number of benzene rings is 1. The van der Waals surface area contributed by atoms with Gasteiger partial charge in [-0.3, -0.25) is 9.59 Å². The number of Topliss-reactive ketones (excluding diaryl/α,β-unsaturated/α-hetero) is 1. The van der Waals surface area contributed by atoms with Crippen LogP contribution in [0.4, 0.5) is 10.7 Å². The van der Waals surface area contributed by atoms with E-state index >= 15 is 0 Å². The van der Waals surface area contributed by atoms with Gasteiger partial charge in [-0.15, -0.1) is 17.5 Å². The van der Waals surface area contributed by atoms with Gasteiger partial charge in [-0.25, -0.2) is 4.79 Å². The van der Waals surface area contributed by atoms with Crippen LogP contribution in [-0.2, 0) is 27.5 Å². The van der Waals surface area contributed by atoms with Crippen molar-refractivity contribution in [2.45, 2.75) is 44.9 Å². The molecule has 2 aromatic rings. The summed E-state index contributed by atoms with van der Waals surface area (Å²) in [4.78, 5) is 38.8. The number of carbonyl (C=O) groups is 3. The number of alkyl carbamates (subject to hydrolysis) is 1. The molecular formula is C19H25ClN6O5. The monoisotopic (exact) mass is 452 g/mol. The molecule has 0 saturated carbocycles. The number of aromatic nitrogens is 4. The zero-order valence-corrected chi connectivity index (χ0v) is 17.7. The molecule has 3 rings (SSSR count). The molecule has 2 N–H and O–H groups in total. The van der Waals surface area contributed by atoms with Crippen LogP contribution in [0, 0.1) is 0 Å². The van der Waals surface area contributed by atoms with Gasteiger partial charge in [0.25, 0.3) is 5.95 Å². The fourth-order valence-corrected chi connectivity index (χ4v) is 3.10. The van der Waals surface area contributed by atoms with Gasteiger partial charge >= 0.3 is 12.1 Å². The third-order valence-electron chi connectivity index (χ3n) is 4.65. The molecule has 31 heavy (non-hydrogen) atoms. The van der Waals surface area contributed by atoms with Gasteiger partial charge in [0.15, 0.2) is 5.78 Å². The van der Waals surface area contributed by atoms with Crippen molar-refractivity contribution in [2.24, 2.45) is 0 Å². The summed E-state index contributed by atoms with van der Waals surface area (Å²) in [5.74, 6) is -1.35. The summed E-state index contributed by atoms with van der Waals surface area (Å²) < 4.78 is 5.07. The predicted octanol–water partition coefficient (Wildman–Crippen LogP) is 1.42. The highest BCUT2D eigenvalue weighted by Crippen LogP contribution is 2.14. The van der Waals surface area contributed by atoms with E-state index in [2.05, 4.69) is 20.7 Å². The molecule has 1 unspecified atom stereocenters. The van der Waals surface area contributed by atoms with Crippen LogP contribution < -0.4 is 10.2 Å². The number of tetrazole rings is 1. The van der Waals surface area contributed by atoms with Gasteiger partial charge in [0.1, 0.15) is 19.2 Å². The standard InChI is InChI=1S/C19H24N6O5.ClH/c26-16(12-25-22-18(21-23-25)24-9-5-2-6-10-24)15(11-17(27)28)20-19(29)30-13-14-7-3-1-4-8-14;/h1,3-4,7-8,15H,2,5-6,9-13H2,(H,20,29)(H,27,28);1H. The van der Waals surface area contributed by atoms with Crippen molar-refractivity contribution in [3.05, 3.63) is 35.9 Å². The summed E-state index contributed by atoms with van der Waals surface area (Å²) in [6.07, 6.45) is 1.80. The van der Waals surface area contributed by atoms with Crippen LogP contribution in [0.5, 0.6) is 0 Å². The summed E-state index contributed by atoms with van der Waals surface area (Å²) in [7, 11) is 0. The number of carbonyl (C=O) groups excluding carboxylic acids is 2. The number of nitrogens with one attached hydrogen (secondary N) is 1. The number of hydrogen-bond acceptors (Lipinski definition) is 8. The zero-order valence-electron chi connectivity index (χ0n) is 16.8. The number of halogens is 1. The van der Waals surface area contributed by atoms with E-state index in [-0.39, 0.29) is 25.6 Å². The smallest absolute Gasteiger partial charge is 0.408 e. The Balaban J connectivity index is 0.00000341. The normalized spacial score (nSPS) is 14.3. The van der Waals surface area contributed by atoms with Crippen molar-refractivity contribution in [2.75, 3.05) is 18.0 Å². The second-order valence-electron chi connectivity index (χ2n) is 6.99. The molecule has 1 atom stereocenters.